The number of thioether (sulfide) groups is 1. The van der Waals surface area contributed by atoms with Crippen molar-refractivity contribution in [3.63, 3.8) is 0 Å². The number of aromatic nitrogens is 3. The van der Waals surface area contributed by atoms with Crippen LogP contribution >= 0.6 is 11.8 Å². The quantitative estimate of drug-likeness (QED) is 0.680. The molecule has 2 saturated heterocycles. The fourth-order valence-corrected chi connectivity index (χ4v) is 4.91. The van der Waals surface area contributed by atoms with Crippen LogP contribution in [0.2, 0.25) is 0 Å². The normalized spacial score (nSPS) is 18.2. The van der Waals surface area contributed by atoms with Crippen molar-refractivity contribution in [2.75, 3.05) is 50.0 Å². The summed E-state index contributed by atoms with van der Waals surface area (Å²) in [6, 6.07) is 8.26. The van der Waals surface area contributed by atoms with Gasteiger partial charge in [0.05, 0.1) is 24.7 Å². The number of aryl methyl sites for hydroxylation is 1. The zero-order chi connectivity index (χ0) is 20.8. The van der Waals surface area contributed by atoms with E-state index in [1.807, 2.05) is 17.0 Å². The molecule has 0 N–H and O–H groups in total. The number of ether oxygens (including phenoxy) is 1. The van der Waals surface area contributed by atoms with Gasteiger partial charge in [0.25, 0.3) is 0 Å². The Morgan fingerprint density at radius 2 is 1.70 bits per heavy atom. The molecular formula is C22H31N5O2S. The van der Waals surface area contributed by atoms with Crippen LogP contribution < -0.4 is 4.90 Å². The Hall–Kier alpha value is -2.06. The Morgan fingerprint density at radius 1 is 1.00 bits per heavy atom. The first-order valence-corrected chi connectivity index (χ1v) is 12.0. The zero-order valence-corrected chi connectivity index (χ0v) is 18.6. The number of likely N-dealkylation sites (tertiary alicyclic amines) is 1. The summed E-state index contributed by atoms with van der Waals surface area (Å²) in [4.78, 5) is 17.1. The Balaban J connectivity index is 1.54. The van der Waals surface area contributed by atoms with Crippen LogP contribution in [0, 0.1) is 6.92 Å². The summed E-state index contributed by atoms with van der Waals surface area (Å²) in [6.07, 6.45) is 5.96. The molecule has 0 aliphatic carbocycles. The summed E-state index contributed by atoms with van der Waals surface area (Å²) >= 11 is 1.49. The number of hydrogen-bond acceptors (Lipinski definition) is 6. The SMILES string of the molecule is Cc1ccccc1-n1c(SCC(=O)N2CCCCCCC2)nnc1N1CCOCC1. The molecule has 3 heterocycles. The smallest absolute Gasteiger partial charge is 0.233 e. The predicted molar refractivity (Wildman–Crippen MR) is 120 cm³/mol. The molecule has 0 spiro atoms. The third-order valence-corrected chi connectivity index (χ3v) is 6.71. The molecule has 162 valence electrons. The van der Waals surface area contributed by atoms with Crippen LogP contribution in [-0.4, -0.2) is 70.7 Å². The molecule has 0 unspecified atom stereocenters. The number of morpholine rings is 1. The van der Waals surface area contributed by atoms with Crippen LogP contribution in [0.3, 0.4) is 0 Å². The van der Waals surface area contributed by atoms with Gasteiger partial charge >= 0.3 is 0 Å². The molecule has 0 bridgehead atoms. The van der Waals surface area contributed by atoms with Gasteiger partial charge in [0.15, 0.2) is 5.16 Å². The first-order chi connectivity index (χ1) is 14.7. The molecule has 0 radical (unpaired) electrons. The van der Waals surface area contributed by atoms with Crippen LogP contribution in [0.25, 0.3) is 5.69 Å². The average molecular weight is 430 g/mol. The Kier molecular flexibility index (Phi) is 7.28. The molecule has 4 rings (SSSR count). The van der Waals surface area contributed by atoms with E-state index in [1.165, 1.54) is 31.0 Å². The summed E-state index contributed by atoms with van der Waals surface area (Å²) in [5, 5.41) is 9.76. The second-order valence-electron chi connectivity index (χ2n) is 7.94. The Morgan fingerprint density at radius 3 is 2.43 bits per heavy atom. The lowest BCUT2D eigenvalue weighted by Gasteiger charge is -2.28. The fourth-order valence-electron chi connectivity index (χ4n) is 4.06. The molecule has 7 nitrogen and oxygen atoms in total. The lowest BCUT2D eigenvalue weighted by molar-refractivity contribution is -0.128. The number of amides is 1. The van der Waals surface area contributed by atoms with E-state index in [2.05, 4.69) is 38.7 Å². The maximum absolute atomic E-state index is 12.9. The molecule has 2 fully saturated rings. The van der Waals surface area contributed by atoms with Gasteiger partial charge in [-0.2, -0.15) is 0 Å². The van der Waals surface area contributed by atoms with Gasteiger partial charge < -0.3 is 14.5 Å². The molecular weight excluding hydrogens is 398 g/mol. The molecule has 2 aliphatic heterocycles. The van der Waals surface area contributed by atoms with Crippen molar-refractivity contribution in [3.8, 4) is 5.69 Å². The van der Waals surface area contributed by atoms with Gasteiger partial charge in [0.1, 0.15) is 0 Å². The highest BCUT2D eigenvalue weighted by Crippen LogP contribution is 2.29. The maximum Gasteiger partial charge on any atom is 0.233 e. The first-order valence-electron chi connectivity index (χ1n) is 11.0. The van der Waals surface area contributed by atoms with Crippen molar-refractivity contribution in [1.82, 2.24) is 19.7 Å². The van der Waals surface area contributed by atoms with Crippen molar-refractivity contribution in [3.05, 3.63) is 29.8 Å². The number of hydrogen-bond donors (Lipinski definition) is 0. The minimum Gasteiger partial charge on any atom is -0.378 e. The van der Waals surface area contributed by atoms with Crippen LogP contribution in [0.4, 0.5) is 5.95 Å². The van der Waals surface area contributed by atoms with E-state index in [0.29, 0.717) is 19.0 Å². The summed E-state index contributed by atoms with van der Waals surface area (Å²) in [6.45, 7) is 6.82. The molecule has 30 heavy (non-hydrogen) atoms. The third-order valence-electron chi connectivity index (χ3n) is 5.80. The van der Waals surface area contributed by atoms with Crippen molar-refractivity contribution < 1.29 is 9.53 Å². The van der Waals surface area contributed by atoms with Gasteiger partial charge in [-0.3, -0.25) is 9.36 Å². The van der Waals surface area contributed by atoms with Crippen molar-refractivity contribution in [2.45, 2.75) is 44.2 Å². The van der Waals surface area contributed by atoms with Crippen molar-refractivity contribution in [2.24, 2.45) is 0 Å². The number of nitrogens with zero attached hydrogens (tertiary/aromatic N) is 5. The number of benzene rings is 1. The van der Waals surface area contributed by atoms with Gasteiger partial charge in [-0.05, 0) is 31.4 Å². The fraction of sp³-hybridized carbons (Fsp3) is 0.591. The molecule has 2 aliphatic rings. The highest BCUT2D eigenvalue weighted by atomic mass is 32.2. The van der Waals surface area contributed by atoms with Gasteiger partial charge in [0, 0.05) is 26.2 Å². The number of para-hydroxylation sites is 1. The van der Waals surface area contributed by atoms with E-state index in [9.17, 15) is 4.79 Å². The van der Waals surface area contributed by atoms with Crippen molar-refractivity contribution in [1.29, 1.82) is 0 Å². The third kappa shape index (κ3) is 4.98. The number of carbonyl (C=O) groups excluding carboxylic acids is 1. The molecule has 1 aromatic heterocycles. The number of anilines is 1. The molecule has 2 aromatic rings. The van der Waals surface area contributed by atoms with Gasteiger partial charge in [0.2, 0.25) is 11.9 Å². The molecule has 0 atom stereocenters. The highest BCUT2D eigenvalue weighted by molar-refractivity contribution is 7.99. The molecule has 1 aromatic carbocycles. The topological polar surface area (TPSA) is 63.5 Å². The maximum atomic E-state index is 12.9. The Labute approximate surface area is 182 Å². The molecule has 1 amide bonds. The summed E-state index contributed by atoms with van der Waals surface area (Å²) in [5.41, 5.74) is 2.22. The van der Waals surface area contributed by atoms with Crippen LogP contribution in [0.15, 0.2) is 29.4 Å². The summed E-state index contributed by atoms with van der Waals surface area (Å²) in [5.74, 6) is 1.43. The minimum atomic E-state index is 0.203. The van der Waals surface area contributed by atoms with Crippen LogP contribution in [0.1, 0.15) is 37.7 Å². The van der Waals surface area contributed by atoms with Crippen LogP contribution in [0.5, 0.6) is 0 Å². The van der Waals surface area contributed by atoms with E-state index in [1.54, 1.807) is 0 Å². The van der Waals surface area contributed by atoms with Gasteiger partial charge in [-0.15, -0.1) is 10.2 Å². The number of carbonyl (C=O) groups is 1. The second-order valence-corrected chi connectivity index (χ2v) is 8.88. The van der Waals surface area contributed by atoms with Crippen LogP contribution in [-0.2, 0) is 9.53 Å². The average Bonchev–Trinajstić information content (AvgIpc) is 3.16. The standard InChI is InChI=1S/C22H31N5O2S/c1-18-9-5-6-10-19(18)27-21(26-13-15-29-16-14-26)23-24-22(27)30-17-20(28)25-11-7-3-2-4-8-12-25/h5-6,9-10H,2-4,7-8,11-17H2,1H3. The van der Waals surface area contributed by atoms with E-state index >= 15 is 0 Å². The molecule has 8 heteroatoms. The van der Waals surface area contributed by atoms with Crippen molar-refractivity contribution >= 4 is 23.6 Å². The van der Waals surface area contributed by atoms with E-state index in [0.717, 1.165) is 61.4 Å². The van der Waals surface area contributed by atoms with E-state index in [4.69, 9.17) is 4.74 Å². The first kappa shape index (κ1) is 21.2. The van der Waals surface area contributed by atoms with E-state index in [-0.39, 0.29) is 5.91 Å². The van der Waals surface area contributed by atoms with Gasteiger partial charge in [-0.25, -0.2) is 0 Å². The summed E-state index contributed by atoms with van der Waals surface area (Å²) in [7, 11) is 0. The highest BCUT2D eigenvalue weighted by Gasteiger charge is 2.24. The monoisotopic (exact) mass is 429 g/mol. The minimum absolute atomic E-state index is 0.203. The zero-order valence-electron chi connectivity index (χ0n) is 17.8. The largest absolute Gasteiger partial charge is 0.378 e. The van der Waals surface area contributed by atoms with Gasteiger partial charge in [-0.1, -0.05) is 49.2 Å². The second kappa shape index (κ2) is 10.3. The summed E-state index contributed by atoms with van der Waals surface area (Å²) < 4.78 is 7.61. The lowest BCUT2D eigenvalue weighted by Crippen LogP contribution is -2.38. The Bertz CT molecular complexity index is 842. The lowest BCUT2D eigenvalue weighted by atomic mass is 10.1. The molecule has 0 saturated carbocycles. The number of rotatable bonds is 5. The predicted octanol–water partition coefficient (Wildman–Crippen LogP) is 3.30. The van der Waals surface area contributed by atoms with E-state index < -0.39 is 0 Å².